The normalized spacial score (nSPS) is 19.3. The van der Waals surface area contributed by atoms with Crippen LogP contribution in [0.1, 0.15) is 105 Å². The van der Waals surface area contributed by atoms with Crippen LogP contribution in [0, 0.1) is 12.8 Å². The number of benzene rings is 2. The molecule has 0 amide bonds. The second-order valence-electron chi connectivity index (χ2n) is 15.5. The minimum atomic E-state index is 0.276. The quantitative estimate of drug-likeness (QED) is 0.125. The van der Waals surface area contributed by atoms with Gasteiger partial charge in [-0.1, -0.05) is 51.7 Å². The summed E-state index contributed by atoms with van der Waals surface area (Å²) in [4.78, 5) is 10.3. The number of nitrogens with one attached hydrogen (secondary N) is 3. The van der Waals surface area contributed by atoms with Crippen molar-refractivity contribution in [2.24, 2.45) is 5.92 Å². The molecule has 1 atom stereocenters. The van der Waals surface area contributed by atoms with Crippen molar-refractivity contribution in [3.63, 3.8) is 0 Å². The first-order valence-corrected chi connectivity index (χ1v) is 20.0. The van der Waals surface area contributed by atoms with E-state index >= 15 is 0 Å². The maximum Gasteiger partial charge on any atom is 0.204 e. The monoisotopic (exact) mass is 713 g/mol. The molecule has 2 aliphatic rings. The third-order valence-electron chi connectivity index (χ3n) is 11.5. The lowest BCUT2D eigenvalue weighted by molar-refractivity contribution is 0.328. The van der Waals surface area contributed by atoms with Gasteiger partial charge in [0, 0.05) is 56.6 Å². The zero-order valence-corrected chi connectivity index (χ0v) is 32.6. The van der Waals surface area contributed by atoms with Crippen LogP contribution in [0.25, 0.3) is 33.8 Å². The molecule has 9 nitrogen and oxygen atoms in total. The average Bonchev–Trinajstić information content (AvgIpc) is 3.84. The summed E-state index contributed by atoms with van der Waals surface area (Å²) in [5.41, 5.74) is 12.8. The van der Waals surface area contributed by atoms with E-state index < -0.39 is 0 Å². The predicted molar refractivity (Wildman–Crippen MR) is 223 cm³/mol. The molecule has 280 valence electrons. The number of nitrogens with zero attached hydrogens (tertiary/aromatic N) is 6. The third kappa shape index (κ3) is 7.80. The predicted octanol–water partition coefficient (Wildman–Crippen LogP) is 9.48. The van der Waals surface area contributed by atoms with E-state index in [1.165, 1.54) is 53.5 Å². The lowest BCUT2D eigenvalue weighted by Gasteiger charge is -2.28. The van der Waals surface area contributed by atoms with Crippen LogP contribution >= 0.6 is 0 Å². The summed E-state index contributed by atoms with van der Waals surface area (Å²) in [7, 11) is 1.97. The van der Waals surface area contributed by atoms with E-state index in [0.717, 1.165) is 103 Å². The second-order valence-corrected chi connectivity index (χ2v) is 15.5. The fraction of sp³-hybridized carbons (Fsp3) is 0.477. The molecule has 1 unspecified atom stereocenters. The molecule has 0 spiro atoms. The van der Waals surface area contributed by atoms with E-state index in [9.17, 15) is 0 Å². The summed E-state index contributed by atoms with van der Waals surface area (Å²) in [6.45, 7) is 20.6. The molecule has 0 saturated heterocycles. The molecule has 5 aromatic rings. The van der Waals surface area contributed by atoms with E-state index in [2.05, 4.69) is 113 Å². The van der Waals surface area contributed by atoms with E-state index in [1.54, 1.807) is 0 Å². The van der Waals surface area contributed by atoms with Crippen LogP contribution in [-0.4, -0.2) is 48.5 Å². The summed E-state index contributed by atoms with van der Waals surface area (Å²) in [5, 5.41) is 15.6. The van der Waals surface area contributed by atoms with Crippen molar-refractivity contribution in [1.82, 2.24) is 34.2 Å². The van der Waals surface area contributed by atoms with Crippen molar-refractivity contribution >= 4 is 45.7 Å². The van der Waals surface area contributed by atoms with Crippen LogP contribution in [-0.2, 0) is 32.5 Å². The van der Waals surface area contributed by atoms with Gasteiger partial charge in [-0.15, -0.1) is 0 Å². The van der Waals surface area contributed by atoms with Crippen molar-refractivity contribution in [3.8, 4) is 0 Å². The van der Waals surface area contributed by atoms with Crippen molar-refractivity contribution in [1.29, 1.82) is 0 Å². The largest absolute Gasteiger partial charge is 0.382 e. The molecule has 1 fully saturated rings. The Kier molecular flexibility index (Phi) is 11.1. The zero-order chi connectivity index (χ0) is 37.1. The number of imidazole rings is 2. The van der Waals surface area contributed by atoms with Crippen LogP contribution in [0.2, 0.25) is 0 Å². The molecule has 4 heterocycles. The van der Waals surface area contributed by atoms with Crippen LogP contribution in [0.4, 0.5) is 11.9 Å². The standard InChI is InChI=1S/C44H59N9/c1-8-33-24-34-15-11-10-12-16-35-26-36(32(6)47-37-19-17-29(3)18-20-37)27-39-42(35)51(43(45-7)48-39)21-13-14-22-52-41(34)38(25-33)49-44(52)46-28-30(4)40-23-31(5)50-53(40)9-2/h8,13-14,23-27,29-30,37,47H,1,6,9-12,15-22,28H2,2-5,7H3,(H,45,48)(H,46,49)/b14-13+. The first kappa shape index (κ1) is 36.6. The molecular weight excluding hydrogens is 655 g/mol. The average molecular weight is 714 g/mol. The molecule has 3 N–H and O–H groups in total. The summed E-state index contributed by atoms with van der Waals surface area (Å²) >= 11 is 0. The summed E-state index contributed by atoms with van der Waals surface area (Å²) in [6, 6.07) is 11.8. The van der Waals surface area contributed by atoms with E-state index in [-0.39, 0.29) is 5.92 Å². The lowest BCUT2D eigenvalue weighted by atomic mass is 9.87. The second kappa shape index (κ2) is 16.1. The van der Waals surface area contributed by atoms with Crippen molar-refractivity contribution < 1.29 is 0 Å². The Morgan fingerprint density at radius 1 is 0.906 bits per heavy atom. The van der Waals surface area contributed by atoms with Crippen molar-refractivity contribution in [2.75, 3.05) is 24.2 Å². The molecular formula is C44H59N9. The van der Waals surface area contributed by atoms with Gasteiger partial charge in [0.2, 0.25) is 11.9 Å². The fourth-order valence-electron chi connectivity index (χ4n) is 8.55. The van der Waals surface area contributed by atoms with Gasteiger partial charge in [0.25, 0.3) is 0 Å². The number of hydrogen-bond acceptors (Lipinski definition) is 6. The third-order valence-corrected chi connectivity index (χ3v) is 11.5. The van der Waals surface area contributed by atoms with Crippen molar-refractivity contribution in [3.05, 3.63) is 89.3 Å². The van der Waals surface area contributed by atoms with Gasteiger partial charge in [-0.2, -0.15) is 5.10 Å². The van der Waals surface area contributed by atoms with Crippen LogP contribution in [0.3, 0.4) is 0 Å². The molecule has 0 bridgehead atoms. The highest BCUT2D eigenvalue weighted by Crippen LogP contribution is 2.32. The number of allylic oxidation sites excluding steroid dienone is 2. The molecule has 0 radical (unpaired) electrons. The Morgan fingerprint density at radius 2 is 1.57 bits per heavy atom. The number of hydrogen-bond donors (Lipinski definition) is 3. The maximum absolute atomic E-state index is 5.20. The van der Waals surface area contributed by atoms with Gasteiger partial charge in [0.05, 0.1) is 27.8 Å². The Bertz CT molecular complexity index is 2120. The van der Waals surface area contributed by atoms with E-state index in [1.807, 2.05) is 13.1 Å². The number of aryl methyl sites for hydroxylation is 4. The summed E-state index contributed by atoms with van der Waals surface area (Å²) < 4.78 is 6.83. The Labute approximate surface area is 315 Å². The highest BCUT2D eigenvalue weighted by Gasteiger charge is 2.22. The van der Waals surface area contributed by atoms with Gasteiger partial charge >= 0.3 is 0 Å². The molecule has 1 saturated carbocycles. The van der Waals surface area contributed by atoms with Crippen LogP contribution < -0.4 is 16.0 Å². The number of aromatic nitrogens is 6. The first-order chi connectivity index (χ1) is 25.8. The Morgan fingerprint density at radius 3 is 2.25 bits per heavy atom. The molecule has 1 aliphatic carbocycles. The minimum absolute atomic E-state index is 0.276. The fourth-order valence-corrected chi connectivity index (χ4v) is 8.55. The topological polar surface area (TPSA) is 89.5 Å². The molecule has 2 aromatic carbocycles. The Hall–Kier alpha value is -4.79. The van der Waals surface area contributed by atoms with Gasteiger partial charge in [-0.05, 0) is 124 Å². The summed E-state index contributed by atoms with van der Waals surface area (Å²) in [5.74, 6) is 2.89. The van der Waals surface area contributed by atoms with Crippen LogP contribution in [0.15, 0.2) is 55.6 Å². The molecule has 7 rings (SSSR count). The summed E-state index contributed by atoms with van der Waals surface area (Å²) in [6.07, 6.45) is 16.9. The van der Waals surface area contributed by atoms with Crippen molar-refractivity contribution in [2.45, 2.75) is 117 Å². The van der Waals surface area contributed by atoms with Gasteiger partial charge in [0.15, 0.2) is 0 Å². The number of anilines is 2. The molecule has 3 aromatic heterocycles. The van der Waals surface area contributed by atoms with Gasteiger partial charge < -0.3 is 25.1 Å². The van der Waals surface area contributed by atoms with Crippen LogP contribution in [0.5, 0.6) is 0 Å². The smallest absolute Gasteiger partial charge is 0.204 e. The van der Waals surface area contributed by atoms with Gasteiger partial charge in [-0.3, -0.25) is 4.68 Å². The SMILES string of the molecule is C=Cc1cc2c3c(c1)nc(NCC(C)c1cc(C)nn1CC)n3C/C=C/Cn1c(NC)nc3cc(C(=C)NC4CCC(C)CC4)cc(c31)CCCCC2. The highest BCUT2D eigenvalue weighted by atomic mass is 15.3. The van der Waals surface area contributed by atoms with E-state index in [4.69, 9.17) is 15.1 Å². The minimum Gasteiger partial charge on any atom is -0.382 e. The maximum atomic E-state index is 5.20. The molecule has 1 aliphatic heterocycles. The lowest BCUT2D eigenvalue weighted by Crippen LogP contribution is -2.31. The van der Waals surface area contributed by atoms with Gasteiger partial charge in [-0.25, -0.2) is 9.97 Å². The first-order valence-electron chi connectivity index (χ1n) is 20.0. The zero-order valence-electron chi connectivity index (χ0n) is 32.6. The molecule has 53 heavy (non-hydrogen) atoms. The van der Waals surface area contributed by atoms with Gasteiger partial charge in [0.1, 0.15) is 0 Å². The Balaban J connectivity index is 1.20. The van der Waals surface area contributed by atoms with E-state index in [0.29, 0.717) is 12.6 Å². The molecule has 9 heteroatoms. The highest BCUT2D eigenvalue weighted by molar-refractivity contribution is 5.87. The number of rotatable bonds is 10.